The normalized spacial score (nSPS) is 16.9. The van der Waals surface area contributed by atoms with Crippen LogP contribution in [0.3, 0.4) is 0 Å². The number of aliphatic hydroxyl groups is 2. The van der Waals surface area contributed by atoms with Gasteiger partial charge in [0.05, 0.1) is 23.0 Å². The van der Waals surface area contributed by atoms with Gasteiger partial charge < -0.3 is 10.2 Å². The van der Waals surface area contributed by atoms with Crippen molar-refractivity contribution in [2.24, 2.45) is 10.8 Å². The lowest BCUT2D eigenvalue weighted by atomic mass is 9.83. The van der Waals surface area contributed by atoms with Crippen LogP contribution in [0.15, 0.2) is 0 Å². The summed E-state index contributed by atoms with van der Waals surface area (Å²) in [5, 5.41) is 18.9. The maximum Gasteiger partial charge on any atom is 0.0672 e. The van der Waals surface area contributed by atoms with Crippen LogP contribution in [0, 0.1) is 22.7 Å². The SMILES string of the molecule is CC(O)C(C)(C)C#CC(C)(C)C(C)O. The molecule has 0 bridgehead atoms. The number of aliphatic hydroxyl groups excluding tert-OH is 2. The smallest absolute Gasteiger partial charge is 0.0672 e. The van der Waals surface area contributed by atoms with E-state index in [9.17, 15) is 10.2 Å². The highest BCUT2D eigenvalue weighted by molar-refractivity contribution is 5.17. The molecule has 0 aliphatic heterocycles. The molecular formula is C12H22O2. The zero-order valence-corrected chi connectivity index (χ0v) is 10.0. The monoisotopic (exact) mass is 198 g/mol. The number of hydrogen-bond donors (Lipinski definition) is 2. The highest BCUT2D eigenvalue weighted by Crippen LogP contribution is 2.23. The summed E-state index contributed by atoms with van der Waals surface area (Å²) >= 11 is 0. The Morgan fingerprint density at radius 1 is 0.786 bits per heavy atom. The van der Waals surface area contributed by atoms with Crippen LogP contribution in [-0.2, 0) is 0 Å². The van der Waals surface area contributed by atoms with Gasteiger partial charge in [-0.25, -0.2) is 0 Å². The molecule has 0 saturated heterocycles. The second-order valence-corrected chi connectivity index (χ2v) is 5.05. The summed E-state index contributed by atoms with van der Waals surface area (Å²) in [5.41, 5.74) is -0.849. The van der Waals surface area contributed by atoms with E-state index in [0.29, 0.717) is 0 Å². The van der Waals surface area contributed by atoms with Gasteiger partial charge in [0.25, 0.3) is 0 Å². The molecule has 14 heavy (non-hydrogen) atoms. The van der Waals surface area contributed by atoms with E-state index in [0.717, 1.165) is 0 Å². The molecule has 0 radical (unpaired) electrons. The van der Waals surface area contributed by atoms with Crippen molar-refractivity contribution in [3.63, 3.8) is 0 Å². The molecule has 2 heteroatoms. The molecule has 0 amide bonds. The third kappa shape index (κ3) is 3.69. The highest BCUT2D eigenvalue weighted by atomic mass is 16.3. The maximum atomic E-state index is 9.45. The minimum absolute atomic E-state index is 0.424. The molecule has 2 N–H and O–H groups in total. The van der Waals surface area contributed by atoms with Crippen molar-refractivity contribution in [1.29, 1.82) is 0 Å². The Hall–Kier alpha value is -0.520. The second-order valence-electron chi connectivity index (χ2n) is 5.05. The van der Waals surface area contributed by atoms with Crippen LogP contribution in [-0.4, -0.2) is 22.4 Å². The molecule has 2 unspecified atom stereocenters. The molecular weight excluding hydrogens is 176 g/mol. The molecule has 0 spiro atoms. The van der Waals surface area contributed by atoms with Crippen molar-refractivity contribution in [2.75, 3.05) is 0 Å². The first-order valence-electron chi connectivity index (χ1n) is 5.00. The van der Waals surface area contributed by atoms with Crippen molar-refractivity contribution in [3.8, 4) is 11.8 Å². The van der Waals surface area contributed by atoms with Gasteiger partial charge in [0, 0.05) is 0 Å². The van der Waals surface area contributed by atoms with Crippen LogP contribution in [0.2, 0.25) is 0 Å². The molecule has 2 nitrogen and oxygen atoms in total. The second kappa shape index (κ2) is 4.33. The average molecular weight is 198 g/mol. The van der Waals surface area contributed by atoms with Gasteiger partial charge in [0.1, 0.15) is 0 Å². The maximum absolute atomic E-state index is 9.45. The predicted molar refractivity (Wildman–Crippen MR) is 58.7 cm³/mol. The molecule has 82 valence electrons. The van der Waals surface area contributed by atoms with Crippen molar-refractivity contribution in [1.82, 2.24) is 0 Å². The summed E-state index contributed by atoms with van der Waals surface area (Å²) in [5.74, 6) is 6.04. The molecule has 0 aromatic rings. The summed E-state index contributed by atoms with van der Waals surface area (Å²) in [6.07, 6.45) is -0.945. The van der Waals surface area contributed by atoms with Crippen molar-refractivity contribution in [2.45, 2.75) is 53.8 Å². The third-order valence-electron chi connectivity index (χ3n) is 2.80. The largest absolute Gasteiger partial charge is 0.392 e. The van der Waals surface area contributed by atoms with Crippen LogP contribution in [0.5, 0.6) is 0 Å². The molecule has 0 aliphatic rings. The minimum atomic E-state index is -0.472. The topological polar surface area (TPSA) is 40.5 Å². The molecule has 0 saturated carbocycles. The third-order valence-corrected chi connectivity index (χ3v) is 2.80. The van der Waals surface area contributed by atoms with E-state index in [1.54, 1.807) is 13.8 Å². The van der Waals surface area contributed by atoms with Gasteiger partial charge in [0.15, 0.2) is 0 Å². The van der Waals surface area contributed by atoms with Gasteiger partial charge in [-0.15, -0.1) is 0 Å². The zero-order valence-electron chi connectivity index (χ0n) is 10.0. The average Bonchev–Trinajstić information content (AvgIpc) is 2.01. The number of rotatable bonds is 2. The van der Waals surface area contributed by atoms with E-state index in [-0.39, 0.29) is 0 Å². The molecule has 0 aliphatic carbocycles. The zero-order chi connectivity index (χ0) is 11.6. The lowest BCUT2D eigenvalue weighted by molar-refractivity contribution is 0.0988. The van der Waals surface area contributed by atoms with Crippen LogP contribution in [0.1, 0.15) is 41.5 Å². The molecule has 0 rings (SSSR count). The van der Waals surface area contributed by atoms with E-state index in [1.165, 1.54) is 0 Å². The first-order valence-corrected chi connectivity index (χ1v) is 5.00. The quantitative estimate of drug-likeness (QED) is 0.664. The van der Waals surface area contributed by atoms with Gasteiger partial charge in [-0.05, 0) is 41.5 Å². The molecule has 0 aromatic heterocycles. The summed E-state index contributed by atoms with van der Waals surface area (Å²) in [7, 11) is 0. The number of hydrogen-bond acceptors (Lipinski definition) is 2. The van der Waals surface area contributed by atoms with Gasteiger partial charge in [-0.3, -0.25) is 0 Å². The van der Waals surface area contributed by atoms with Crippen LogP contribution < -0.4 is 0 Å². The van der Waals surface area contributed by atoms with Gasteiger partial charge >= 0.3 is 0 Å². The fraction of sp³-hybridized carbons (Fsp3) is 0.833. The minimum Gasteiger partial charge on any atom is -0.392 e. The van der Waals surface area contributed by atoms with E-state index in [4.69, 9.17) is 0 Å². The lowest BCUT2D eigenvalue weighted by Crippen LogP contribution is -2.28. The van der Waals surface area contributed by atoms with E-state index in [1.807, 2.05) is 27.7 Å². The molecule has 0 fully saturated rings. The van der Waals surface area contributed by atoms with Gasteiger partial charge in [-0.2, -0.15) is 0 Å². The molecule has 2 atom stereocenters. The Labute approximate surface area is 87.3 Å². The summed E-state index contributed by atoms with van der Waals surface area (Å²) < 4.78 is 0. The summed E-state index contributed by atoms with van der Waals surface area (Å²) in [4.78, 5) is 0. The van der Waals surface area contributed by atoms with Crippen molar-refractivity contribution in [3.05, 3.63) is 0 Å². The lowest BCUT2D eigenvalue weighted by Gasteiger charge is -2.25. The van der Waals surface area contributed by atoms with E-state index < -0.39 is 23.0 Å². The standard InChI is InChI=1S/C12H22O2/c1-9(13)11(3,4)7-8-12(5,6)10(2)14/h9-10,13-14H,1-6H3. The summed E-state index contributed by atoms with van der Waals surface area (Å²) in [6, 6.07) is 0. The van der Waals surface area contributed by atoms with Crippen molar-refractivity contribution >= 4 is 0 Å². The van der Waals surface area contributed by atoms with E-state index >= 15 is 0 Å². The Balaban J connectivity index is 4.74. The molecule has 0 aromatic carbocycles. The van der Waals surface area contributed by atoms with Crippen LogP contribution in [0.4, 0.5) is 0 Å². The van der Waals surface area contributed by atoms with Crippen molar-refractivity contribution < 1.29 is 10.2 Å². The van der Waals surface area contributed by atoms with Gasteiger partial charge in [-0.1, -0.05) is 11.8 Å². The van der Waals surface area contributed by atoms with Crippen LogP contribution in [0.25, 0.3) is 0 Å². The highest BCUT2D eigenvalue weighted by Gasteiger charge is 2.25. The Morgan fingerprint density at radius 3 is 1.14 bits per heavy atom. The Kier molecular flexibility index (Phi) is 4.17. The first-order chi connectivity index (χ1) is 6.09. The fourth-order valence-corrected chi connectivity index (χ4v) is 0.531. The molecule has 0 heterocycles. The van der Waals surface area contributed by atoms with Crippen LogP contribution >= 0.6 is 0 Å². The first kappa shape index (κ1) is 13.5. The predicted octanol–water partition coefficient (Wildman–Crippen LogP) is 1.80. The van der Waals surface area contributed by atoms with Gasteiger partial charge in [0.2, 0.25) is 0 Å². The Morgan fingerprint density at radius 2 is 1.00 bits per heavy atom. The Bertz CT molecular complexity index is 215. The summed E-state index contributed by atoms with van der Waals surface area (Å²) in [6.45, 7) is 11.0. The fourth-order valence-electron chi connectivity index (χ4n) is 0.531. The van der Waals surface area contributed by atoms with E-state index in [2.05, 4.69) is 11.8 Å².